The van der Waals surface area contributed by atoms with Crippen molar-refractivity contribution in [2.45, 2.75) is 44.9 Å². The van der Waals surface area contributed by atoms with Crippen LogP contribution in [0.3, 0.4) is 0 Å². The van der Waals surface area contributed by atoms with Crippen LogP contribution in [-0.2, 0) is 10.2 Å². The van der Waals surface area contributed by atoms with E-state index in [1.54, 1.807) is 7.11 Å². The van der Waals surface area contributed by atoms with Crippen LogP contribution in [0, 0.1) is 5.41 Å². The number of nitrogens with zero attached hydrogens (tertiary/aromatic N) is 1. The highest BCUT2D eigenvalue weighted by Gasteiger charge is 2.36. The molecule has 130 valence electrons. The van der Waals surface area contributed by atoms with E-state index in [1.165, 1.54) is 24.1 Å². The van der Waals surface area contributed by atoms with Crippen molar-refractivity contribution in [3.05, 3.63) is 22.4 Å². The van der Waals surface area contributed by atoms with Gasteiger partial charge >= 0.3 is 0 Å². The van der Waals surface area contributed by atoms with Crippen LogP contribution in [0.2, 0.25) is 0 Å². The van der Waals surface area contributed by atoms with Crippen LogP contribution in [-0.4, -0.2) is 39.8 Å². The third kappa shape index (κ3) is 4.95. The summed E-state index contributed by atoms with van der Waals surface area (Å²) >= 11 is 1.81. The number of hydrogen-bond acceptors (Lipinski definition) is 3. The summed E-state index contributed by atoms with van der Waals surface area (Å²) in [6.07, 6.45) is 5.05. The number of guanidine groups is 1. The van der Waals surface area contributed by atoms with E-state index in [9.17, 15) is 0 Å². The summed E-state index contributed by atoms with van der Waals surface area (Å²) < 4.78 is 5.27. The molecule has 1 fully saturated rings. The van der Waals surface area contributed by atoms with E-state index < -0.39 is 0 Å². The van der Waals surface area contributed by atoms with Gasteiger partial charge in [0.1, 0.15) is 0 Å². The molecule has 0 aromatic carbocycles. The quantitative estimate of drug-likeness (QED) is 0.564. The SMILES string of the molecule is CN=C(NCC1(CCOC)CCC1)NCC(C)(C)c1cccs1. The second-order valence-corrected chi connectivity index (χ2v) is 8.18. The van der Waals surface area contributed by atoms with Gasteiger partial charge in [-0.1, -0.05) is 26.3 Å². The number of ether oxygens (including phenoxy) is 1. The Hall–Kier alpha value is -1.07. The number of aliphatic imine (C=N–C) groups is 1. The summed E-state index contributed by atoms with van der Waals surface area (Å²) in [6.45, 7) is 7.24. The van der Waals surface area contributed by atoms with Crippen molar-refractivity contribution < 1.29 is 4.74 Å². The van der Waals surface area contributed by atoms with E-state index >= 15 is 0 Å². The predicted molar refractivity (Wildman–Crippen MR) is 99.5 cm³/mol. The van der Waals surface area contributed by atoms with E-state index in [0.717, 1.165) is 32.1 Å². The lowest BCUT2D eigenvalue weighted by atomic mass is 9.67. The van der Waals surface area contributed by atoms with Crippen LogP contribution in [0.25, 0.3) is 0 Å². The molecule has 0 aliphatic heterocycles. The maximum atomic E-state index is 5.27. The van der Waals surface area contributed by atoms with Crippen molar-refractivity contribution in [3.63, 3.8) is 0 Å². The second-order valence-electron chi connectivity index (χ2n) is 7.24. The Morgan fingerprint density at radius 3 is 2.70 bits per heavy atom. The lowest BCUT2D eigenvalue weighted by Crippen LogP contribution is -2.49. The number of rotatable bonds is 8. The number of hydrogen-bond donors (Lipinski definition) is 2. The van der Waals surface area contributed by atoms with Gasteiger partial charge in [-0.2, -0.15) is 0 Å². The molecule has 0 amide bonds. The fourth-order valence-electron chi connectivity index (χ4n) is 3.06. The van der Waals surface area contributed by atoms with E-state index in [4.69, 9.17) is 4.74 Å². The fraction of sp³-hybridized carbons (Fsp3) is 0.722. The zero-order valence-corrected chi connectivity index (χ0v) is 15.8. The minimum Gasteiger partial charge on any atom is -0.385 e. The molecule has 0 unspecified atom stereocenters. The summed E-state index contributed by atoms with van der Waals surface area (Å²) in [5, 5.41) is 9.15. The molecule has 0 saturated heterocycles. The largest absolute Gasteiger partial charge is 0.385 e. The van der Waals surface area contributed by atoms with Crippen LogP contribution >= 0.6 is 11.3 Å². The molecule has 2 rings (SSSR count). The van der Waals surface area contributed by atoms with Crippen molar-refractivity contribution in [2.24, 2.45) is 10.4 Å². The average Bonchev–Trinajstić information content (AvgIpc) is 3.04. The first-order valence-corrected chi connectivity index (χ1v) is 9.37. The van der Waals surface area contributed by atoms with Crippen LogP contribution in [0.15, 0.2) is 22.5 Å². The molecule has 0 bridgehead atoms. The molecule has 0 radical (unpaired) electrons. The molecule has 4 nitrogen and oxygen atoms in total. The Balaban J connectivity index is 1.81. The van der Waals surface area contributed by atoms with Crippen molar-refractivity contribution in [1.82, 2.24) is 10.6 Å². The number of nitrogens with one attached hydrogen (secondary N) is 2. The number of methoxy groups -OCH3 is 1. The molecule has 0 atom stereocenters. The number of thiophene rings is 1. The summed E-state index contributed by atoms with van der Waals surface area (Å²) in [6, 6.07) is 4.32. The Morgan fingerprint density at radius 2 is 2.17 bits per heavy atom. The van der Waals surface area contributed by atoms with Gasteiger partial charge in [0.25, 0.3) is 0 Å². The molecule has 1 aromatic rings. The molecule has 1 heterocycles. The van der Waals surface area contributed by atoms with Crippen molar-refractivity contribution in [3.8, 4) is 0 Å². The van der Waals surface area contributed by atoms with Gasteiger partial charge in [-0.05, 0) is 36.1 Å². The van der Waals surface area contributed by atoms with Gasteiger partial charge in [-0.25, -0.2) is 0 Å². The maximum absolute atomic E-state index is 5.27. The lowest BCUT2D eigenvalue weighted by Gasteiger charge is -2.42. The highest BCUT2D eigenvalue weighted by Crippen LogP contribution is 2.43. The van der Waals surface area contributed by atoms with E-state index in [-0.39, 0.29) is 5.41 Å². The first-order chi connectivity index (χ1) is 11.0. The minimum atomic E-state index is 0.107. The van der Waals surface area contributed by atoms with Gasteiger partial charge in [0.15, 0.2) is 5.96 Å². The van der Waals surface area contributed by atoms with Gasteiger partial charge in [-0.15, -0.1) is 11.3 Å². The molecule has 23 heavy (non-hydrogen) atoms. The Morgan fingerprint density at radius 1 is 1.39 bits per heavy atom. The van der Waals surface area contributed by atoms with Gasteiger partial charge in [0, 0.05) is 44.1 Å². The van der Waals surface area contributed by atoms with Crippen LogP contribution in [0.4, 0.5) is 0 Å². The highest BCUT2D eigenvalue weighted by atomic mass is 32.1. The van der Waals surface area contributed by atoms with E-state index in [0.29, 0.717) is 5.41 Å². The molecule has 0 spiro atoms. The first-order valence-electron chi connectivity index (χ1n) is 8.49. The van der Waals surface area contributed by atoms with Crippen molar-refractivity contribution in [2.75, 3.05) is 33.9 Å². The molecule has 1 aliphatic rings. The Kier molecular flexibility index (Phi) is 6.48. The van der Waals surface area contributed by atoms with Crippen molar-refractivity contribution in [1.29, 1.82) is 0 Å². The monoisotopic (exact) mass is 337 g/mol. The Bertz CT molecular complexity index is 492. The van der Waals surface area contributed by atoms with Crippen LogP contribution < -0.4 is 10.6 Å². The second kappa shape index (κ2) is 8.15. The smallest absolute Gasteiger partial charge is 0.191 e. The molecule has 1 aliphatic carbocycles. The fourth-order valence-corrected chi connectivity index (χ4v) is 3.91. The molecule has 2 N–H and O–H groups in total. The summed E-state index contributed by atoms with van der Waals surface area (Å²) in [5.41, 5.74) is 0.507. The summed E-state index contributed by atoms with van der Waals surface area (Å²) in [7, 11) is 3.63. The predicted octanol–water partition coefficient (Wildman–Crippen LogP) is 3.40. The third-order valence-electron chi connectivity index (χ3n) is 4.99. The minimum absolute atomic E-state index is 0.107. The van der Waals surface area contributed by atoms with Crippen LogP contribution in [0.1, 0.15) is 44.4 Å². The normalized spacial score (nSPS) is 17.7. The van der Waals surface area contributed by atoms with Gasteiger partial charge in [0.05, 0.1) is 0 Å². The van der Waals surface area contributed by atoms with E-state index in [2.05, 4.69) is 47.0 Å². The molecular formula is C18H31N3OS. The molecule has 5 heteroatoms. The Labute approximate surface area is 144 Å². The topological polar surface area (TPSA) is 45.7 Å². The zero-order chi connectivity index (χ0) is 16.8. The molecular weight excluding hydrogens is 306 g/mol. The highest BCUT2D eigenvalue weighted by molar-refractivity contribution is 7.10. The lowest BCUT2D eigenvalue weighted by molar-refractivity contribution is 0.0732. The maximum Gasteiger partial charge on any atom is 0.191 e. The molecule has 1 saturated carbocycles. The van der Waals surface area contributed by atoms with Gasteiger partial charge in [-0.3, -0.25) is 4.99 Å². The third-order valence-corrected chi connectivity index (χ3v) is 6.23. The first kappa shape index (κ1) is 18.3. The van der Waals surface area contributed by atoms with Gasteiger partial charge < -0.3 is 15.4 Å². The zero-order valence-electron chi connectivity index (χ0n) is 14.9. The molecule has 1 aromatic heterocycles. The van der Waals surface area contributed by atoms with Gasteiger partial charge in [0.2, 0.25) is 0 Å². The summed E-state index contributed by atoms with van der Waals surface area (Å²) in [5.74, 6) is 0.901. The van der Waals surface area contributed by atoms with Crippen molar-refractivity contribution >= 4 is 17.3 Å². The summed E-state index contributed by atoms with van der Waals surface area (Å²) in [4.78, 5) is 5.78. The average molecular weight is 338 g/mol. The van der Waals surface area contributed by atoms with E-state index in [1.807, 2.05) is 18.4 Å². The standard InChI is InChI=1S/C18H31N3OS/c1-17(2,15-7-5-12-23-15)13-20-16(19-3)21-14-18(8-6-9-18)10-11-22-4/h5,7,12H,6,8-11,13-14H2,1-4H3,(H2,19,20,21). The van der Waals surface area contributed by atoms with Crippen LogP contribution in [0.5, 0.6) is 0 Å².